The second kappa shape index (κ2) is 7.54. The Bertz CT molecular complexity index is 376. The molecule has 0 aromatic carbocycles. The van der Waals surface area contributed by atoms with E-state index in [1.54, 1.807) is 11.3 Å². The molecule has 2 unspecified atom stereocenters. The third-order valence-corrected chi connectivity index (χ3v) is 4.46. The van der Waals surface area contributed by atoms with Crippen LogP contribution < -0.4 is 5.32 Å². The third kappa shape index (κ3) is 4.10. The van der Waals surface area contributed by atoms with E-state index >= 15 is 0 Å². The molecule has 18 heavy (non-hydrogen) atoms. The van der Waals surface area contributed by atoms with Crippen LogP contribution in [-0.2, 0) is 22.5 Å². The number of methoxy groups -OCH3 is 1. The van der Waals surface area contributed by atoms with Gasteiger partial charge in [0.1, 0.15) is 6.04 Å². The van der Waals surface area contributed by atoms with Gasteiger partial charge in [-0.3, -0.25) is 10.1 Å². The van der Waals surface area contributed by atoms with Crippen LogP contribution in [0.3, 0.4) is 0 Å². The van der Waals surface area contributed by atoms with Crippen molar-refractivity contribution in [3.05, 3.63) is 21.9 Å². The van der Waals surface area contributed by atoms with Crippen LogP contribution >= 0.6 is 11.3 Å². The monoisotopic (exact) mass is 269 g/mol. The Kier molecular flexibility index (Phi) is 6.36. The van der Waals surface area contributed by atoms with Gasteiger partial charge in [0.25, 0.3) is 0 Å². The van der Waals surface area contributed by atoms with Gasteiger partial charge < -0.3 is 4.74 Å². The molecule has 3 nitrogen and oxygen atoms in total. The second-order valence-corrected chi connectivity index (χ2v) is 5.74. The lowest BCUT2D eigenvalue weighted by atomic mass is 9.99. The van der Waals surface area contributed by atoms with Crippen molar-refractivity contribution in [2.45, 2.75) is 46.2 Å². The zero-order chi connectivity index (χ0) is 13.5. The van der Waals surface area contributed by atoms with Crippen molar-refractivity contribution in [1.82, 2.24) is 5.32 Å². The van der Waals surface area contributed by atoms with Gasteiger partial charge in [-0.25, -0.2) is 0 Å². The summed E-state index contributed by atoms with van der Waals surface area (Å²) in [7, 11) is 1.44. The molecule has 0 aliphatic heterocycles. The van der Waals surface area contributed by atoms with E-state index < -0.39 is 0 Å². The summed E-state index contributed by atoms with van der Waals surface area (Å²) in [6.07, 6.45) is 2.02. The van der Waals surface area contributed by atoms with Crippen molar-refractivity contribution >= 4 is 17.3 Å². The standard InChI is InChI=1S/C14H23NO2S/c1-5-10(3)13(14(16)17-4)15-9-12-8-7-11(6-2)18-12/h7-8,10,13,15H,5-6,9H2,1-4H3. The van der Waals surface area contributed by atoms with Crippen LogP contribution in [0.2, 0.25) is 0 Å². The number of ether oxygens (including phenoxy) is 1. The maximum absolute atomic E-state index is 11.7. The summed E-state index contributed by atoms with van der Waals surface area (Å²) in [6, 6.07) is 4.06. The first-order valence-corrected chi connectivity index (χ1v) is 7.32. The number of esters is 1. The molecule has 0 aliphatic rings. The summed E-state index contributed by atoms with van der Waals surface area (Å²) in [5, 5.41) is 3.31. The molecule has 1 heterocycles. The van der Waals surface area contributed by atoms with Crippen LogP contribution in [0, 0.1) is 5.92 Å². The Morgan fingerprint density at radius 2 is 2.06 bits per heavy atom. The van der Waals surface area contributed by atoms with Crippen LogP contribution in [0.15, 0.2) is 12.1 Å². The zero-order valence-electron chi connectivity index (χ0n) is 11.7. The lowest BCUT2D eigenvalue weighted by Gasteiger charge is -2.21. The molecule has 1 rings (SSSR count). The molecule has 0 fully saturated rings. The number of hydrogen-bond acceptors (Lipinski definition) is 4. The maximum atomic E-state index is 11.7. The minimum atomic E-state index is -0.216. The highest BCUT2D eigenvalue weighted by molar-refractivity contribution is 7.11. The molecule has 0 saturated heterocycles. The second-order valence-electron chi connectivity index (χ2n) is 4.49. The summed E-state index contributed by atoms with van der Waals surface area (Å²) < 4.78 is 4.85. The van der Waals surface area contributed by atoms with E-state index in [4.69, 9.17) is 4.74 Å². The summed E-state index contributed by atoms with van der Waals surface area (Å²) in [4.78, 5) is 14.4. The van der Waals surface area contributed by atoms with Crippen molar-refractivity contribution in [2.75, 3.05) is 7.11 Å². The van der Waals surface area contributed by atoms with Gasteiger partial charge in [0.2, 0.25) is 0 Å². The highest BCUT2D eigenvalue weighted by Gasteiger charge is 2.24. The molecule has 0 radical (unpaired) electrons. The number of aryl methyl sites for hydroxylation is 1. The maximum Gasteiger partial charge on any atom is 0.323 e. The van der Waals surface area contributed by atoms with Crippen molar-refractivity contribution in [2.24, 2.45) is 5.92 Å². The van der Waals surface area contributed by atoms with Crippen LogP contribution in [0.1, 0.15) is 36.9 Å². The molecular weight excluding hydrogens is 246 g/mol. The van der Waals surface area contributed by atoms with Gasteiger partial charge >= 0.3 is 5.97 Å². The van der Waals surface area contributed by atoms with Gasteiger partial charge in [-0.15, -0.1) is 11.3 Å². The number of rotatable bonds is 7. The van der Waals surface area contributed by atoms with Gasteiger partial charge in [0.15, 0.2) is 0 Å². The Morgan fingerprint density at radius 1 is 1.39 bits per heavy atom. The molecule has 1 aromatic heterocycles. The SMILES string of the molecule is CCc1ccc(CNC(C(=O)OC)C(C)CC)s1. The zero-order valence-corrected chi connectivity index (χ0v) is 12.5. The summed E-state index contributed by atoms with van der Waals surface area (Å²) in [5.41, 5.74) is 0. The fraction of sp³-hybridized carbons (Fsp3) is 0.643. The van der Waals surface area contributed by atoms with E-state index in [9.17, 15) is 4.79 Å². The van der Waals surface area contributed by atoms with E-state index in [0.717, 1.165) is 19.4 Å². The first-order valence-electron chi connectivity index (χ1n) is 6.51. The predicted octanol–water partition coefficient (Wildman–Crippen LogP) is 2.99. The molecule has 0 aliphatic carbocycles. The van der Waals surface area contributed by atoms with Crippen molar-refractivity contribution < 1.29 is 9.53 Å². The van der Waals surface area contributed by atoms with E-state index in [2.05, 4.69) is 38.2 Å². The Labute approximate surface area is 114 Å². The first kappa shape index (κ1) is 15.2. The molecule has 0 bridgehead atoms. The fourth-order valence-corrected chi connectivity index (χ4v) is 2.71. The van der Waals surface area contributed by atoms with Crippen molar-refractivity contribution in [3.8, 4) is 0 Å². The van der Waals surface area contributed by atoms with Crippen LogP contribution in [0.5, 0.6) is 0 Å². The molecular formula is C14H23NO2S. The number of carbonyl (C=O) groups excluding carboxylic acids is 1. The molecule has 0 amide bonds. The largest absolute Gasteiger partial charge is 0.468 e. The molecule has 4 heteroatoms. The van der Waals surface area contributed by atoms with E-state index in [0.29, 0.717) is 0 Å². The van der Waals surface area contributed by atoms with Gasteiger partial charge in [-0.2, -0.15) is 0 Å². The van der Waals surface area contributed by atoms with Crippen molar-refractivity contribution in [1.29, 1.82) is 0 Å². The topological polar surface area (TPSA) is 38.3 Å². The van der Waals surface area contributed by atoms with E-state index in [1.165, 1.54) is 16.9 Å². The predicted molar refractivity (Wildman–Crippen MR) is 75.8 cm³/mol. The molecule has 0 spiro atoms. The molecule has 2 atom stereocenters. The Balaban J connectivity index is 2.58. The normalized spacial score (nSPS) is 14.2. The number of hydrogen-bond donors (Lipinski definition) is 1. The summed E-state index contributed by atoms with van der Waals surface area (Å²) in [6.45, 7) is 7.04. The van der Waals surface area contributed by atoms with Crippen LogP contribution in [0.25, 0.3) is 0 Å². The van der Waals surface area contributed by atoms with Gasteiger partial charge in [0, 0.05) is 16.3 Å². The quantitative estimate of drug-likeness (QED) is 0.773. The average molecular weight is 269 g/mol. The molecule has 1 aromatic rings. The molecule has 102 valence electrons. The molecule has 0 saturated carbocycles. The van der Waals surface area contributed by atoms with Gasteiger partial charge in [-0.05, 0) is 24.5 Å². The van der Waals surface area contributed by atoms with Crippen LogP contribution in [-0.4, -0.2) is 19.1 Å². The average Bonchev–Trinajstić information content (AvgIpc) is 2.86. The lowest BCUT2D eigenvalue weighted by Crippen LogP contribution is -2.42. The third-order valence-electron chi connectivity index (χ3n) is 3.23. The van der Waals surface area contributed by atoms with Gasteiger partial charge in [0.05, 0.1) is 7.11 Å². The smallest absolute Gasteiger partial charge is 0.323 e. The number of nitrogens with one attached hydrogen (secondary N) is 1. The first-order chi connectivity index (χ1) is 8.62. The summed E-state index contributed by atoms with van der Waals surface area (Å²) in [5.74, 6) is 0.111. The number of thiophene rings is 1. The van der Waals surface area contributed by atoms with Gasteiger partial charge in [-0.1, -0.05) is 27.2 Å². The lowest BCUT2D eigenvalue weighted by molar-refractivity contribution is -0.144. The minimum absolute atomic E-state index is 0.170. The van der Waals surface area contributed by atoms with Crippen molar-refractivity contribution in [3.63, 3.8) is 0 Å². The fourth-order valence-electron chi connectivity index (χ4n) is 1.80. The van der Waals surface area contributed by atoms with E-state index in [1.807, 2.05) is 0 Å². The Hall–Kier alpha value is -0.870. The molecule has 1 N–H and O–H groups in total. The number of carbonyl (C=O) groups is 1. The minimum Gasteiger partial charge on any atom is -0.468 e. The summed E-state index contributed by atoms with van der Waals surface area (Å²) >= 11 is 1.80. The highest BCUT2D eigenvalue weighted by atomic mass is 32.1. The van der Waals surface area contributed by atoms with E-state index in [-0.39, 0.29) is 17.9 Å². The highest BCUT2D eigenvalue weighted by Crippen LogP contribution is 2.18. The Morgan fingerprint density at radius 3 is 2.56 bits per heavy atom. The van der Waals surface area contributed by atoms with Crippen LogP contribution in [0.4, 0.5) is 0 Å².